The number of aryl methyl sites for hydroxylation is 2. The molecule has 3 aromatic carbocycles. The van der Waals surface area contributed by atoms with Crippen molar-refractivity contribution in [2.45, 2.75) is 13.8 Å². The second kappa shape index (κ2) is 10.6. The van der Waals surface area contributed by atoms with Crippen LogP contribution in [0.2, 0.25) is 0 Å². The predicted molar refractivity (Wildman–Crippen MR) is 121 cm³/mol. The maximum absolute atomic E-state index is 11.6. The molecule has 4 N–H and O–H groups in total. The second-order valence-corrected chi connectivity index (χ2v) is 7.06. The third kappa shape index (κ3) is 5.72. The van der Waals surface area contributed by atoms with Gasteiger partial charge in [0, 0.05) is 29.7 Å². The molecule has 0 fully saturated rings. The molecule has 0 aliphatic rings. The average Bonchev–Trinajstić information content (AvgIpc) is 2.74. The number of hydrogen-bond acceptors (Lipinski definition) is 6. The molecular weight excluding hydrogens is 458 g/mol. The summed E-state index contributed by atoms with van der Waals surface area (Å²) in [5, 5.41) is 34.1. The largest absolute Gasteiger partial charge is 0.504 e. The number of hydrazone groups is 1. The summed E-state index contributed by atoms with van der Waals surface area (Å²) in [6.45, 7) is 3.70. The van der Waals surface area contributed by atoms with Gasteiger partial charge in [0.25, 0.3) is 0 Å². The number of anilines is 2. The first-order valence-corrected chi connectivity index (χ1v) is 9.49. The van der Waals surface area contributed by atoms with Gasteiger partial charge in [-0.05, 0) is 49.2 Å². The standard InChI is InChI=1S/C23H23N5O3.Cu/c1-14-9-10-17(23(30)31)20(13-14)28(3)27-22(16-7-5-4-6-8-16)26-25-19-12-15(2)11-18(24)21(19)29;/h4-13,29H,24H2,1-3H3,(H,30,31);/b26-25?,27-22-;. The number of carboxylic acid groups (broad SMARTS) is 1. The van der Waals surface area contributed by atoms with Crippen molar-refractivity contribution in [2.24, 2.45) is 15.3 Å². The Bertz CT molecular complexity index is 1180. The molecule has 0 amide bonds. The van der Waals surface area contributed by atoms with E-state index >= 15 is 0 Å². The molecule has 9 heteroatoms. The first-order chi connectivity index (χ1) is 14.8. The van der Waals surface area contributed by atoms with Crippen LogP contribution >= 0.6 is 0 Å². The molecule has 0 bridgehead atoms. The minimum atomic E-state index is -1.06. The van der Waals surface area contributed by atoms with Crippen LogP contribution in [0.4, 0.5) is 17.1 Å². The molecule has 0 spiro atoms. The van der Waals surface area contributed by atoms with Gasteiger partial charge in [0.1, 0.15) is 5.69 Å². The molecule has 3 rings (SSSR count). The van der Waals surface area contributed by atoms with Crippen LogP contribution in [0.25, 0.3) is 0 Å². The number of phenolic OH excluding ortho intramolecular Hbond substituents is 1. The zero-order valence-corrected chi connectivity index (χ0v) is 18.7. The Hall–Kier alpha value is -3.68. The number of aromatic hydroxyl groups is 1. The average molecular weight is 481 g/mol. The van der Waals surface area contributed by atoms with Gasteiger partial charge >= 0.3 is 5.97 Å². The number of aromatic carboxylic acids is 1. The number of nitrogens with zero attached hydrogens (tertiary/aromatic N) is 4. The van der Waals surface area contributed by atoms with Crippen LogP contribution in [-0.2, 0) is 17.1 Å². The number of rotatable bonds is 5. The summed E-state index contributed by atoms with van der Waals surface area (Å²) in [6.07, 6.45) is 0. The fourth-order valence-corrected chi connectivity index (χ4v) is 2.97. The van der Waals surface area contributed by atoms with Gasteiger partial charge < -0.3 is 15.9 Å². The number of nitrogen functional groups attached to an aromatic ring is 1. The second-order valence-electron chi connectivity index (χ2n) is 7.06. The van der Waals surface area contributed by atoms with Crippen LogP contribution in [0.5, 0.6) is 5.75 Å². The Balaban J connectivity index is 0.00000363. The van der Waals surface area contributed by atoms with Crippen LogP contribution in [0, 0.1) is 13.8 Å². The summed E-state index contributed by atoms with van der Waals surface area (Å²) in [5.74, 6) is -0.984. The van der Waals surface area contributed by atoms with Crippen molar-refractivity contribution in [3.63, 3.8) is 0 Å². The number of hydrogen-bond donors (Lipinski definition) is 3. The van der Waals surface area contributed by atoms with Gasteiger partial charge in [-0.3, -0.25) is 5.01 Å². The summed E-state index contributed by atoms with van der Waals surface area (Å²) in [4.78, 5) is 11.6. The van der Waals surface area contributed by atoms with Crippen molar-refractivity contribution in [3.8, 4) is 5.75 Å². The van der Waals surface area contributed by atoms with Crippen LogP contribution in [0.3, 0.4) is 0 Å². The first-order valence-electron chi connectivity index (χ1n) is 9.49. The molecule has 3 aromatic rings. The van der Waals surface area contributed by atoms with E-state index in [1.807, 2.05) is 44.2 Å². The third-order valence-electron chi connectivity index (χ3n) is 4.53. The maximum atomic E-state index is 11.6. The minimum Gasteiger partial charge on any atom is -0.504 e. The van der Waals surface area contributed by atoms with E-state index < -0.39 is 5.97 Å². The van der Waals surface area contributed by atoms with Crippen molar-refractivity contribution in [1.82, 2.24) is 0 Å². The Morgan fingerprint density at radius 1 is 1.00 bits per heavy atom. The molecule has 0 heterocycles. The van der Waals surface area contributed by atoms with E-state index in [0.717, 1.165) is 11.1 Å². The van der Waals surface area contributed by atoms with Crippen LogP contribution in [0.15, 0.2) is 76.0 Å². The van der Waals surface area contributed by atoms with Crippen LogP contribution in [-0.4, -0.2) is 29.1 Å². The van der Waals surface area contributed by atoms with E-state index in [1.54, 1.807) is 31.3 Å². The summed E-state index contributed by atoms with van der Waals surface area (Å²) in [5.41, 5.74) is 9.15. The Kier molecular flexibility index (Phi) is 8.12. The van der Waals surface area contributed by atoms with Crippen LogP contribution < -0.4 is 10.7 Å². The van der Waals surface area contributed by atoms with E-state index in [4.69, 9.17) is 5.73 Å². The zero-order chi connectivity index (χ0) is 22.5. The van der Waals surface area contributed by atoms with Gasteiger partial charge in [-0.2, -0.15) is 5.10 Å². The van der Waals surface area contributed by atoms with Gasteiger partial charge in [-0.1, -0.05) is 36.4 Å². The smallest absolute Gasteiger partial charge is 0.337 e. The number of carbonyl (C=O) groups is 1. The van der Waals surface area contributed by atoms with E-state index in [9.17, 15) is 15.0 Å². The number of phenols is 1. The van der Waals surface area contributed by atoms with E-state index in [0.29, 0.717) is 11.3 Å². The van der Waals surface area contributed by atoms with Crippen molar-refractivity contribution < 1.29 is 32.1 Å². The number of azo groups is 1. The third-order valence-corrected chi connectivity index (χ3v) is 4.53. The Morgan fingerprint density at radius 2 is 1.69 bits per heavy atom. The van der Waals surface area contributed by atoms with Crippen LogP contribution in [0.1, 0.15) is 27.0 Å². The molecule has 0 atom stereocenters. The van der Waals surface area contributed by atoms with Gasteiger partial charge in [0.05, 0.1) is 16.9 Å². The van der Waals surface area contributed by atoms with Gasteiger partial charge in [0.2, 0.25) is 5.84 Å². The SMILES string of the molecule is Cc1cc(N)c(O)c(N=N/C(=N\N(C)c2cc(C)ccc2C(=O)O)c2ccccc2)c1.[Cu]. The molecule has 1 radical (unpaired) electrons. The molecule has 0 aliphatic carbocycles. The van der Waals surface area contributed by atoms with Gasteiger partial charge in [-0.25, -0.2) is 4.79 Å². The molecule has 32 heavy (non-hydrogen) atoms. The molecule has 0 aliphatic heterocycles. The van der Waals surface area contributed by atoms with Crippen molar-refractivity contribution in [3.05, 3.63) is 82.9 Å². The fraction of sp³-hybridized carbons (Fsp3) is 0.130. The van der Waals surface area contributed by atoms with Crippen molar-refractivity contribution >= 4 is 28.9 Å². The molecule has 0 saturated carbocycles. The normalized spacial score (nSPS) is 11.3. The fourth-order valence-electron chi connectivity index (χ4n) is 2.97. The van der Waals surface area contributed by atoms with Crippen molar-refractivity contribution in [1.29, 1.82) is 0 Å². The van der Waals surface area contributed by atoms with E-state index in [1.165, 1.54) is 11.1 Å². The number of amidine groups is 1. The quantitative estimate of drug-likeness (QED) is 0.0913. The maximum Gasteiger partial charge on any atom is 0.337 e. The first kappa shape index (κ1) is 24.6. The summed E-state index contributed by atoms with van der Waals surface area (Å²) in [7, 11) is 1.64. The topological polar surface area (TPSA) is 124 Å². The van der Waals surface area contributed by atoms with E-state index in [-0.39, 0.29) is 45.6 Å². The molecule has 0 unspecified atom stereocenters. The summed E-state index contributed by atoms with van der Waals surface area (Å²) >= 11 is 0. The predicted octanol–water partition coefficient (Wildman–Crippen LogP) is 4.87. The monoisotopic (exact) mass is 480 g/mol. The van der Waals surface area contributed by atoms with Gasteiger partial charge in [-0.15, -0.1) is 10.2 Å². The summed E-state index contributed by atoms with van der Waals surface area (Å²) < 4.78 is 0. The number of nitrogens with two attached hydrogens (primary N) is 1. The Morgan fingerprint density at radius 3 is 2.34 bits per heavy atom. The minimum absolute atomic E-state index is 0. The number of benzene rings is 3. The van der Waals surface area contributed by atoms with Crippen molar-refractivity contribution in [2.75, 3.05) is 17.8 Å². The Labute approximate surface area is 196 Å². The molecule has 0 aromatic heterocycles. The van der Waals surface area contributed by atoms with Gasteiger partial charge in [0.15, 0.2) is 5.75 Å². The molecular formula is C23H23CuN5O3. The summed E-state index contributed by atoms with van der Waals surface area (Å²) in [6, 6.07) is 17.4. The zero-order valence-electron chi connectivity index (χ0n) is 17.7. The number of carboxylic acids is 1. The van der Waals surface area contributed by atoms with E-state index in [2.05, 4.69) is 15.3 Å². The molecule has 169 valence electrons. The molecule has 8 nitrogen and oxygen atoms in total. The molecule has 0 saturated heterocycles.